The van der Waals surface area contributed by atoms with Crippen molar-refractivity contribution in [2.75, 3.05) is 14.2 Å². The van der Waals surface area contributed by atoms with Gasteiger partial charge in [-0.3, -0.25) is 4.79 Å². The Kier molecular flexibility index (Phi) is 6.78. The average Bonchev–Trinajstić information content (AvgIpc) is 3.34. The standard InChI is InChI=1S/C24H22N6O4/c1-33-20-12-17(13-21(34-2)22(20)31)14-25-27-24(32)19-10-8-16(9-11-19)15-30-28-23(26-29-30)18-6-4-3-5-7-18/h3-14,31H,15H2,1-2H3,(H,27,32)/b25-14+. The number of aromatic nitrogens is 4. The van der Waals surface area contributed by atoms with Gasteiger partial charge in [0, 0.05) is 16.7 Å². The zero-order chi connectivity index (χ0) is 23.9. The van der Waals surface area contributed by atoms with Gasteiger partial charge in [0.2, 0.25) is 11.6 Å². The molecule has 4 aromatic rings. The van der Waals surface area contributed by atoms with E-state index < -0.39 is 0 Å². The summed E-state index contributed by atoms with van der Waals surface area (Å²) in [5, 5.41) is 26.5. The number of hydrogen-bond acceptors (Lipinski definition) is 8. The van der Waals surface area contributed by atoms with Crippen molar-refractivity contribution < 1.29 is 19.4 Å². The van der Waals surface area contributed by atoms with Crippen molar-refractivity contribution in [3.05, 3.63) is 83.4 Å². The van der Waals surface area contributed by atoms with Crippen LogP contribution in [0, 0.1) is 0 Å². The van der Waals surface area contributed by atoms with Gasteiger partial charge < -0.3 is 14.6 Å². The first-order chi connectivity index (χ1) is 16.6. The summed E-state index contributed by atoms with van der Waals surface area (Å²) < 4.78 is 10.2. The summed E-state index contributed by atoms with van der Waals surface area (Å²) in [4.78, 5) is 13.9. The second-order valence-corrected chi connectivity index (χ2v) is 7.18. The fourth-order valence-corrected chi connectivity index (χ4v) is 3.16. The molecule has 0 spiro atoms. The molecule has 0 saturated carbocycles. The van der Waals surface area contributed by atoms with Gasteiger partial charge in [0.05, 0.1) is 27.0 Å². The molecule has 0 aliphatic carbocycles. The van der Waals surface area contributed by atoms with E-state index in [2.05, 4.69) is 25.9 Å². The van der Waals surface area contributed by atoms with Crippen molar-refractivity contribution in [3.8, 4) is 28.6 Å². The van der Waals surface area contributed by atoms with Crippen LogP contribution in [0.2, 0.25) is 0 Å². The third-order valence-electron chi connectivity index (χ3n) is 4.91. The molecule has 0 unspecified atom stereocenters. The fourth-order valence-electron chi connectivity index (χ4n) is 3.16. The molecule has 172 valence electrons. The second-order valence-electron chi connectivity index (χ2n) is 7.18. The summed E-state index contributed by atoms with van der Waals surface area (Å²) in [6, 6.07) is 19.8. The van der Waals surface area contributed by atoms with Crippen molar-refractivity contribution in [1.82, 2.24) is 25.6 Å². The number of hydrazone groups is 1. The second kappa shape index (κ2) is 10.3. The van der Waals surface area contributed by atoms with E-state index in [1.807, 2.05) is 42.5 Å². The van der Waals surface area contributed by atoms with Gasteiger partial charge in [-0.2, -0.15) is 9.90 Å². The lowest BCUT2D eigenvalue weighted by atomic mass is 10.1. The number of rotatable bonds is 8. The SMILES string of the molecule is COc1cc(/C=N/NC(=O)c2ccc(Cn3nnc(-c4ccccc4)n3)cc2)cc(OC)c1O. The summed E-state index contributed by atoms with van der Waals surface area (Å²) >= 11 is 0. The number of tetrazole rings is 1. The number of carbonyl (C=O) groups is 1. The highest BCUT2D eigenvalue weighted by Gasteiger charge is 2.11. The molecule has 3 aromatic carbocycles. The van der Waals surface area contributed by atoms with Crippen molar-refractivity contribution in [3.63, 3.8) is 0 Å². The van der Waals surface area contributed by atoms with Gasteiger partial charge in [0.15, 0.2) is 11.5 Å². The van der Waals surface area contributed by atoms with Crippen molar-refractivity contribution in [2.45, 2.75) is 6.54 Å². The smallest absolute Gasteiger partial charge is 0.271 e. The lowest BCUT2D eigenvalue weighted by Crippen LogP contribution is -2.17. The van der Waals surface area contributed by atoms with Gasteiger partial charge in [0.1, 0.15) is 0 Å². The number of phenols is 1. The summed E-state index contributed by atoms with van der Waals surface area (Å²) in [5.74, 6) is 0.550. The van der Waals surface area contributed by atoms with Crippen LogP contribution in [0.15, 0.2) is 71.8 Å². The van der Waals surface area contributed by atoms with Crippen LogP contribution >= 0.6 is 0 Å². The van der Waals surface area contributed by atoms with E-state index >= 15 is 0 Å². The van der Waals surface area contributed by atoms with Crippen LogP contribution in [0.1, 0.15) is 21.5 Å². The normalized spacial score (nSPS) is 10.9. The van der Waals surface area contributed by atoms with Crippen LogP contribution < -0.4 is 14.9 Å². The first-order valence-electron chi connectivity index (χ1n) is 10.3. The third kappa shape index (κ3) is 5.18. The lowest BCUT2D eigenvalue weighted by molar-refractivity contribution is 0.0955. The highest BCUT2D eigenvalue weighted by molar-refractivity contribution is 5.95. The molecule has 34 heavy (non-hydrogen) atoms. The summed E-state index contributed by atoms with van der Waals surface area (Å²) in [7, 11) is 2.87. The van der Waals surface area contributed by atoms with Crippen molar-refractivity contribution in [2.24, 2.45) is 5.10 Å². The zero-order valence-corrected chi connectivity index (χ0v) is 18.5. The third-order valence-corrected chi connectivity index (χ3v) is 4.91. The van der Waals surface area contributed by atoms with E-state index in [1.54, 1.807) is 24.3 Å². The van der Waals surface area contributed by atoms with Crippen molar-refractivity contribution in [1.29, 1.82) is 0 Å². The van der Waals surface area contributed by atoms with Gasteiger partial charge >= 0.3 is 0 Å². The summed E-state index contributed by atoms with van der Waals surface area (Å²) in [6.45, 7) is 0.421. The number of amides is 1. The van der Waals surface area contributed by atoms with Crippen molar-refractivity contribution >= 4 is 12.1 Å². The minimum Gasteiger partial charge on any atom is -0.502 e. The predicted octanol–water partition coefficient (Wildman–Crippen LogP) is 2.88. The Bertz CT molecular complexity index is 1280. The topological polar surface area (TPSA) is 124 Å². The number of benzene rings is 3. The molecule has 1 heterocycles. The summed E-state index contributed by atoms with van der Waals surface area (Å²) in [6.07, 6.45) is 1.43. The minimum absolute atomic E-state index is 0.108. The van der Waals surface area contributed by atoms with E-state index in [1.165, 1.54) is 25.2 Å². The molecule has 0 radical (unpaired) electrons. The van der Waals surface area contributed by atoms with E-state index in [4.69, 9.17) is 9.47 Å². The molecule has 4 rings (SSSR count). The van der Waals surface area contributed by atoms with E-state index in [-0.39, 0.29) is 23.2 Å². The van der Waals surface area contributed by atoms with Crippen LogP contribution in [0.3, 0.4) is 0 Å². The van der Waals surface area contributed by atoms with Gasteiger partial charge in [0.25, 0.3) is 5.91 Å². The molecule has 0 atom stereocenters. The molecule has 0 aliphatic rings. The molecule has 10 heteroatoms. The number of aromatic hydroxyl groups is 1. The largest absolute Gasteiger partial charge is 0.502 e. The number of carbonyl (C=O) groups excluding carboxylic acids is 1. The molecule has 0 aliphatic heterocycles. The van der Waals surface area contributed by atoms with Gasteiger partial charge in [-0.15, -0.1) is 10.2 Å². The monoisotopic (exact) mass is 458 g/mol. The Labute approximate surface area is 195 Å². The number of phenolic OH excluding ortho intramolecular Hbond substituents is 1. The highest BCUT2D eigenvalue weighted by Crippen LogP contribution is 2.36. The molecule has 2 N–H and O–H groups in total. The first-order valence-corrected chi connectivity index (χ1v) is 10.3. The molecule has 0 fully saturated rings. The molecule has 0 saturated heterocycles. The number of methoxy groups -OCH3 is 2. The Hall–Kier alpha value is -4.73. The Morgan fingerprint density at radius 3 is 2.38 bits per heavy atom. The molecular formula is C24H22N6O4. The van der Waals surface area contributed by atoms with Gasteiger partial charge in [-0.05, 0) is 35.0 Å². The number of hydrogen-bond donors (Lipinski definition) is 2. The molecule has 10 nitrogen and oxygen atoms in total. The first kappa shape index (κ1) is 22.5. The molecular weight excluding hydrogens is 436 g/mol. The van der Waals surface area contributed by atoms with E-state index in [0.717, 1.165) is 11.1 Å². The maximum absolute atomic E-state index is 12.4. The molecule has 1 amide bonds. The quantitative estimate of drug-likeness (QED) is 0.307. The molecule has 0 bridgehead atoms. The lowest BCUT2D eigenvalue weighted by Gasteiger charge is -2.09. The van der Waals surface area contributed by atoms with Crippen LogP contribution in [-0.4, -0.2) is 51.7 Å². The maximum Gasteiger partial charge on any atom is 0.271 e. The maximum atomic E-state index is 12.4. The van der Waals surface area contributed by atoms with Gasteiger partial charge in [-0.25, -0.2) is 5.43 Å². The molecule has 1 aromatic heterocycles. The summed E-state index contributed by atoms with van der Waals surface area (Å²) in [5.41, 5.74) is 5.31. The zero-order valence-electron chi connectivity index (χ0n) is 18.5. The highest BCUT2D eigenvalue weighted by atomic mass is 16.5. The Balaban J connectivity index is 1.37. The number of nitrogens with one attached hydrogen (secondary N) is 1. The van der Waals surface area contributed by atoms with E-state index in [0.29, 0.717) is 23.5 Å². The van der Waals surface area contributed by atoms with E-state index in [9.17, 15) is 9.90 Å². The fraction of sp³-hybridized carbons (Fsp3) is 0.125. The number of nitrogens with zero attached hydrogens (tertiary/aromatic N) is 5. The van der Waals surface area contributed by atoms with Crippen LogP contribution in [0.5, 0.6) is 17.2 Å². The average molecular weight is 458 g/mol. The Morgan fingerprint density at radius 2 is 1.74 bits per heavy atom. The number of ether oxygens (including phenoxy) is 2. The Morgan fingerprint density at radius 1 is 1.06 bits per heavy atom. The van der Waals surface area contributed by atoms with Crippen LogP contribution in [-0.2, 0) is 6.54 Å². The minimum atomic E-state index is -0.370. The van der Waals surface area contributed by atoms with Crippen LogP contribution in [0.25, 0.3) is 11.4 Å². The van der Waals surface area contributed by atoms with Gasteiger partial charge in [-0.1, -0.05) is 42.5 Å². The predicted molar refractivity (Wildman–Crippen MR) is 125 cm³/mol. The van der Waals surface area contributed by atoms with Crippen LogP contribution in [0.4, 0.5) is 0 Å².